The molecular formula is C10H13ClN2O5S2. The Kier molecular flexibility index (Phi) is 4.97. The standard InChI is InChI=1S/C10H13ClN2O5S2/c11-10-8(13(14)15)4-9(19-10)20(16,17)12-5-7-2-1-3-18-6-7/h4,7,12H,1-3,5-6H2. The molecule has 1 atom stereocenters. The average Bonchev–Trinajstić information content (AvgIpc) is 2.81. The molecule has 0 radical (unpaired) electrons. The Balaban J connectivity index is 2.06. The molecule has 2 rings (SSSR count). The third kappa shape index (κ3) is 3.67. The predicted molar refractivity (Wildman–Crippen MR) is 74.7 cm³/mol. The third-order valence-electron chi connectivity index (χ3n) is 2.92. The van der Waals surface area contributed by atoms with E-state index in [1.165, 1.54) is 0 Å². The summed E-state index contributed by atoms with van der Waals surface area (Å²) in [6, 6.07) is 0.979. The molecule has 1 aliphatic heterocycles. The maximum absolute atomic E-state index is 12.0. The van der Waals surface area contributed by atoms with Crippen molar-refractivity contribution in [3.63, 3.8) is 0 Å². The Labute approximate surface area is 125 Å². The smallest absolute Gasteiger partial charge is 0.300 e. The lowest BCUT2D eigenvalue weighted by molar-refractivity contribution is -0.384. The number of rotatable bonds is 5. The fourth-order valence-electron chi connectivity index (χ4n) is 1.86. The van der Waals surface area contributed by atoms with Gasteiger partial charge in [-0.3, -0.25) is 10.1 Å². The van der Waals surface area contributed by atoms with Gasteiger partial charge >= 0.3 is 0 Å². The van der Waals surface area contributed by atoms with E-state index >= 15 is 0 Å². The Morgan fingerprint density at radius 2 is 2.35 bits per heavy atom. The molecule has 1 fully saturated rings. The monoisotopic (exact) mass is 340 g/mol. The summed E-state index contributed by atoms with van der Waals surface area (Å²) in [6.45, 7) is 1.48. The highest BCUT2D eigenvalue weighted by atomic mass is 35.5. The first kappa shape index (κ1) is 15.6. The van der Waals surface area contributed by atoms with Crippen LogP contribution in [0, 0.1) is 16.0 Å². The number of hydrogen-bond acceptors (Lipinski definition) is 6. The second-order valence-electron chi connectivity index (χ2n) is 4.42. The fourth-order valence-corrected chi connectivity index (χ4v) is 4.69. The molecule has 1 aromatic rings. The van der Waals surface area contributed by atoms with E-state index in [9.17, 15) is 18.5 Å². The van der Waals surface area contributed by atoms with Gasteiger partial charge in [0, 0.05) is 19.2 Å². The van der Waals surface area contributed by atoms with E-state index in [0.717, 1.165) is 18.9 Å². The Morgan fingerprint density at radius 1 is 1.60 bits per heavy atom. The van der Waals surface area contributed by atoms with Crippen LogP contribution in [0.3, 0.4) is 0 Å². The van der Waals surface area contributed by atoms with Gasteiger partial charge in [-0.15, -0.1) is 11.3 Å². The van der Waals surface area contributed by atoms with Crippen LogP contribution in [-0.2, 0) is 14.8 Å². The molecule has 0 spiro atoms. The van der Waals surface area contributed by atoms with E-state index < -0.39 is 20.6 Å². The number of hydrogen-bond donors (Lipinski definition) is 1. The molecule has 0 aromatic carbocycles. The van der Waals surface area contributed by atoms with Crippen molar-refractivity contribution in [3.05, 3.63) is 20.5 Å². The summed E-state index contributed by atoms with van der Waals surface area (Å²) < 4.78 is 31.5. The SMILES string of the molecule is O=[N+]([O-])c1cc(S(=O)(=O)NCC2CCCOC2)sc1Cl. The van der Waals surface area contributed by atoms with Crippen LogP contribution in [0.2, 0.25) is 4.34 Å². The molecule has 0 bridgehead atoms. The summed E-state index contributed by atoms with van der Waals surface area (Å²) >= 11 is 6.34. The molecule has 1 N–H and O–H groups in total. The second kappa shape index (κ2) is 6.35. The van der Waals surface area contributed by atoms with Crippen molar-refractivity contribution in [1.29, 1.82) is 0 Å². The van der Waals surface area contributed by atoms with Gasteiger partial charge in [0.1, 0.15) is 4.21 Å². The molecule has 1 aromatic heterocycles. The Morgan fingerprint density at radius 3 is 2.90 bits per heavy atom. The highest BCUT2D eigenvalue weighted by Gasteiger charge is 2.26. The molecule has 1 aliphatic rings. The van der Waals surface area contributed by atoms with E-state index in [1.807, 2.05) is 0 Å². The van der Waals surface area contributed by atoms with Crippen molar-refractivity contribution >= 4 is 38.6 Å². The number of nitrogens with zero attached hydrogens (tertiary/aromatic N) is 1. The van der Waals surface area contributed by atoms with Crippen LogP contribution >= 0.6 is 22.9 Å². The lowest BCUT2D eigenvalue weighted by atomic mass is 10.0. The molecule has 0 saturated carbocycles. The van der Waals surface area contributed by atoms with Gasteiger partial charge in [0.2, 0.25) is 10.0 Å². The number of thiophene rings is 1. The van der Waals surface area contributed by atoms with E-state index in [0.29, 0.717) is 24.6 Å². The Bertz CT molecular complexity index is 595. The van der Waals surface area contributed by atoms with Crippen molar-refractivity contribution in [2.24, 2.45) is 5.92 Å². The zero-order chi connectivity index (χ0) is 14.8. The summed E-state index contributed by atoms with van der Waals surface area (Å²) in [4.78, 5) is 9.96. The van der Waals surface area contributed by atoms with Gasteiger partial charge in [-0.1, -0.05) is 11.6 Å². The minimum Gasteiger partial charge on any atom is -0.381 e. The van der Waals surface area contributed by atoms with Crippen LogP contribution in [0.1, 0.15) is 12.8 Å². The van der Waals surface area contributed by atoms with Crippen molar-refractivity contribution < 1.29 is 18.1 Å². The predicted octanol–water partition coefficient (Wildman–Crippen LogP) is 2.01. The molecule has 7 nitrogen and oxygen atoms in total. The maximum atomic E-state index is 12.0. The van der Waals surface area contributed by atoms with Gasteiger partial charge < -0.3 is 4.74 Å². The first-order valence-corrected chi connectivity index (χ1v) is 8.59. The molecule has 1 unspecified atom stereocenters. The van der Waals surface area contributed by atoms with Gasteiger partial charge in [0.15, 0.2) is 4.34 Å². The van der Waals surface area contributed by atoms with Crippen molar-refractivity contribution in [2.45, 2.75) is 17.1 Å². The van der Waals surface area contributed by atoms with Gasteiger partial charge in [0.25, 0.3) is 5.69 Å². The summed E-state index contributed by atoms with van der Waals surface area (Å²) in [7, 11) is -3.77. The van der Waals surface area contributed by atoms with Crippen LogP contribution in [-0.4, -0.2) is 33.1 Å². The second-order valence-corrected chi connectivity index (χ2v) is 8.06. The molecule has 20 heavy (non-hydrogen) atoms. The topological polar surface area (TPSA) is 98.5 Å². The average molecular weight is 341 g/mol. The van der Waals surface area contributed by atoms with Gasteiger partial charge in [-0.25, -0.2) is 13.1 Å². The zero-order valence-electron chi connectivity index (χ0n) is 10.4. The van der Waals surface area contributed by atoms with Crippen LogP contribution < -0.4 is 4.72 Å². The van der Waals surface area contributed by atoms with E-state index in [4.69, 9.17) is 16.3 Å². The van der Waals surface area contributed by atoms with Crippen LogP contribution in [0.4, 0.5) is 5.69 Å². The van der Waals surface area contributed by atoms with Crippen molar-refractivity contribution in [2.75, 3.05) is 19.8 Å². The molecule has 2 heterocycles. The Hall–Kier alpha value is -0.740. The first-order chi connectivity index (χ1) is 9.40. The largest absolute Gasteiger partial charge is 0.381 e. The molecule has 1 saturated heterocycles. The summed E-state index contributed by atoms with van der Waals surface area (Å²) in [5, 5.41) is 10.7. The summed E-state index contributed by atoms with van der Waals surface area (Å²) in [6.07, 6.45) is 1.80. The van der Waals surface area contributed by atoms with Crippen molar-refractivity contribution in [3.8, 4) is 0 Å². The van der Waals surface area contributed by atoms with E-state index in [2.05, 4.69) is 4.72 Å². The minimum atomic E-state index is -3.77. The van der Waals surface area contributed by atoms with Crippen molar-refractivity contribution in [1.82, 2.24) is 4.72 Å². The number of nitrogens with one attached hydrogen (secondary N) is 1. The zero-order valence-corrected chi connectivity index (χ0v) is 12.8. The first-order valence-electron chi connectivity index (χ1n) is 5.91. The fraction of sp³-hybridized carbons (Fsp3) is 0.600. The normalized spacial score (nSPS) is 19.9. The third-order valence-corrected chi connectivity index (χ3v) is 6.16. The lowest BCUT2D eigenvalue weighted by Crippen LogP contribution is -2.32. The quantitative estimate of drug-likeness (QED) is 0.653. The molecular weight excluding hydrogens is 328 g/mol. The van der Waals surface area contributed by atoms with Crippen LogP contribution in [0.15, 0.2) is 10.3 Å². The van der Waals surface area contributed by atoms with E-state index in [-0.39, 0.29) is 21.0 Å². The maximum Gasteiger partial charge on any atom is 0.300 e. The van der Waals surface area contributed by atoms with Crippen LogP contribution in [0.25, 0.3) is 0 Å². The number of ether oxygens (including phenoxy) is 1. The van der Waals surface area contributed by atoms with E-state index in [1.54, 1.807) is 0 Å². The van der Waals surface area contributed by atoms with Gasteiger partial charge in [-0.05, 0) is 18.8 Å². The number of halogens is 1. The number of sulfonamides is 1. The summed E-state index contributed by atoms with van der Waals surface area (Å²) in [5.41, 5.74) is -0.391. The minimum absolute atomic E-state index is 0.129. The molecule has 10 heteroatoms. The molecule has 0 amide bonds. The molecule has 0 aliphatic carbocycles. The lowest BCUT2D eigenvalue weighted by Gasteiger charge is -2.21. The van der Waals surface area contributed by atoms with Gasteiger partial charge in [0.05, 0.1) is 11.5 Å². The number of nitro groups is 1. The molecule has 112 valence electrons. The highest BCUT2D eigenvalue weighted by Crippen LogP contribution is 2.36. The van der Waals surface area contributed by atoms with Crippen LogP contribution in [0.5, 0.6) is 0 Å². The summed E-state index contributed by atoms with van der Waals surface area (Å²) in [5.74, 6) is 0.129. The van der Waals surface area contributed by atoms with Gasteiger partial charge in [-0.2, -0.15) is 0 Å². The highest BCUT2D eigenvalue weighted by molar-refractivity contribution is 7.91.